The second kappa shape index (κ2) is 5.02. The minimum Gasteiger partial charge on any atom is -0.475 e. The van der Waals surface area contributed by atoms with Crippen LogP contribution in [0.4, 0.5) is 5.82 Å². The first-order valence-corrected chi connectivity index (χ1v) is 4.95. The molecule has 0 fully saturated rings. The van der Waals surface area contributed by atoms with Gasteiger partial charge in [-0.2, -0.15) is 0 Å². The summed E-state index contributed by atoms with van der Waals surface area (Å²) < 4.78 is 0. The lowest BCUT2D eigenvalue weighted by Gasteiger charge is -2.05. The molecule has 0 unspecified atom stereocenters. The molecule has 0 aliphatic carbocycles. The van der Waals surface area contributed by atoms with Gasteiger partial charge >= 0.3 is 5.97 Å². The van der Waals surface area contributed by atoms with Crippen molar-refractivity contribution >= 4 is 11.8 Å². The van der Waals surface area contributed by atoms with Crippen molar-refractivity contribution in [3.63, 3.8) is 0 Å². The zero-order valence-electron chi connectivity index (χ0n) is 8.87. The van der Waals surface area contributed by atoms with Crippen LogP contribution in [0.15, 0.2) is 36.8 Å². The highest BCUT2D eigenvalue weighted by Gasteiger charge is 2.06. The van der Waals surface area contributed by atoms with Gasteiger partial charge in [-0.1, -0.05) is 0 Å². The van der Waals surface area contributed by atoms with Crippen molar-refractivity contribution in [2.24, 2.45) is 0 Å². The fraction of sp³-hybridized carbons (Fsp3) is 0.0909. The number of nitrogens with zero attached hydrogens (tertiary/aromatic N) is 3. The molecular formula is C11H10N4O2. The highest BCUT2D eigenvalue weighted by Crippen LogP contribution is 2.05. The summed E-state index contributed by atoms with van der Waals surface area (Å²) in [7, 11) is 0. The number of carboxylic acid groups (broad SMARTS) is 1. The first-order chi connectivity index (χ1) is 8.25. The van der Waals surface area contributed by atoms with E-state index in [0.717, 1.165) is 5.56 Å². The summed E-state index contributed by atoms with van der Waals surface area (Å²) in [6.45, 7) is 0.554. The number of nitrogens with one attached hydrogen (secondary N) is 1. The van der Waals surface area contributed by atoms with Crippen LogP contribution < -0.4 is 5.32 Å². The first kappa shape index (κ1) is 11.0. The number of carboxylic acids is 1. The van der Waals surface area contributed by atoms with Crippen molar-refractivity contribution in [1.82, 2.24) is 15.0 Å². The van der Waals surface area contributed by atoms with Crippen LogP contribution in [0, 0.1) is 0 Å². The van der Waals surface area contributed by atoms with E-state index >= 15 is 0 Å². The summed E-state index contributed by atoms with van der Waals surface area (Å²) in [6.07, 6.45) is 4.80. The van der Waals surface area contributed by atoms with Gasteiger partial charge in [0.2, 0.25) is 5.82 Å². The molecule has 2 rings (SSSR count). The maximum Gasteiger partial charge on any atom is 0.374 e. The third kappa shape index (κ3) is 2.97. The van der Waals surface area contributed by atoms with E-state index in [-0.39, 0.29) is 5.82 Å². The molecule has 0 aromatic carbocycles. The van der Waals surface area contributed by atoms with E-state index in [4.69, 9.17) is 5.11 Å². The van der Waals surface area contributed by atoms with Gasteiger partial charge in [0.25, 0.3) is 0 Å². The van der Waals surface area contributed by atoms with Gasteiger partial charge in [-0.15, -0.1) is 0 Å². The predicted molar refractivity (Wildman–Crippen MR) is 60.6 cm³/mol. The van der Waals surface area contributed by atoms with Crippen LogP contribution in [0.25, 0.3) is 0 Å². The molecule has 0 spiro atoms. The zero-order valence-corrected chi connectivity index (χ0v) is 8.87. The van der Waals surface area contributed by atoms with Crippen molar-refractivity contribution in [2.45, 2.75) is 6.54 Å². The quantitative estimate of drug-likeness (QED) is 0.820. The molecule has 86 valence electrons. The highest BCUT2D eigenvalue weighted by atomic mass is 16.4. The molecule has 17 heavy (non-hydrogen) atoms. The Balaban J connectivity index is 2.04. The number of hydrogen-bond acceptors (Lipinski definition) is 5. The van der Waals surface area contributed by atoms with Crippen LogP contribution >= 0.6 is 0 Å². The number of rotatable bonds is 4. The summed E-state index contributed by atoms with van der Waals surface area (Å²) in [6, 6.07) is 5.35. The third-order valence-electron chi connectivity index (χ3n) is 2.07. The first-order valence-electron chi connectivity index (χ1n) is 4.95. The Morgan fingerprint density at radius 3 is 2.71 bits per heavy atom. The van der Waals surface area contributed by atoms with Crippen molar-refractivity contribution < 1.29 is 9.90 Å². The summed E-state index contributed by atoms with van der Waals surface area (Å²) in [4.78, 5) is 22.1. The Bertz CT molecular complexity index is 516. The Hall–Kier alpha value is -2.50. The molecule has 2 N–H and O–H groups in total. The van der Waals surface area contributed by atoms with Crippen LogP contribution in [0.1, 0.15) is 16.2 Å². The molecule has 6 heteroatoms. The average molecular weight is 230 g/mol. The molecule has 2 aromatic rings. The fourth-order valence-electron chi connectivity index (χ4n) is 1.25. The van der Waals surface area contributed by atoms with Gasteiger partial charge in [-0.05, 0) is 23.8 Å². The van der Waals surface area contributed by atoms with Gasteiger partial charge in [0.15, 0.2) is 0 Å². The molecule has 0 amide bonds. The summed E-state index contributed by atoms with van der Waals surface area (Å²) in [5, 5.41) is 11.7. The lowest BCUT2D eigenvalue weighted by Crippen LogP contribution is -2.07. The Labute approximate surface area is 97.4 Å². The average Bonchev–Trinajstić information content (AvgIpc) is 2.38. The van der Waals surface area contributed by atoms with Crippen molar-refractivity contribution in [1.29, 1.82) is 0 Å². The maximum atomic E-state index is 10.7. The Morgan fingerprint density at radius 2 is 2.00 bits per heavy atom. The van der Waals surface area contributed by atoms with E-state index in [9.17, 15) is 4.79 Å². The number of carbonyl (C=O) groups is 1. The Morgan fingerprint density at radius 1 is 1.24 bits per heavy atom. The summed E-state index contributed by atoms with van der Waals surface area (Å²) in [5.74, 6) is -0.878. The molecule has 0 aliphatic heterocycles. The van der Waals surface area contributed by atoms with Crippen LogP contribution in [0.5, 0.6) is 0 Å². The topological polar surface area (TPSA) is 88.0 Å². The molecule has 0 radical (unpaired) electrons. The largest absolute Gasteiger partial charge is 0.475 e. The van der Waals surface area contributed by atoms with Crippen LogP contribution in [-0.4, -0.2) is 26.0 Å². The predicted octanol–water partition coefficient (Wildman–Crippen LogP) is 1.18. The van der Waals surface area contributed by atoms with Gasteiger partial charge in [0.05, 0.1) is 0 Å². The van der Waals surface area contributed by atoms with Gasteiger partial charge in [0.1, 0.15) is 5.82 Å². The van der Waals surface area contributed by atoms with E-state index in [2.05, 4.69) is 20.3 Å². The maximum absolute atomic E-state index is 10.7. The lowest BCUT2D eigenvalue weighted by molar-refractivity contribution is 0.0683. The van der Waals surface area contributed by atoms with Crippen molar-refractivity contribution in [3.8, 4) is 0 Å². The van der Waals surface area contributed by atoms with Crippen molar-refractivity contribution in [2.75, 3.05) is 5.32 Å². The molecule has 2 heterocycles. The SMILES string of the molecule is O=C(O)c1nccc(NCc2ccncc2)n1. The lowest BCUT2D eigenvalue weighted by atomic mass is 10.3. The smallest absolute Gasteiger partial charge is 0.374 e. The van der Waals surface area contributed by atoms with E-state index in [1.54, 1.807) is 18.5 Å². The normalized spacial score (nSPS) is 9.88. The number of hydrogen-bond donors (Lipinski definition) is 2. The zero-order chi connectivity index (χ0) is 12.1. The molecule has 0 atom stereocenters. The molecule has 6 nitrogen and oxygen atoms in total. The fourth-order valence-corrected chi connectivity index (χ4v) is 1.25. The van der Waals surface area contributed by atoms with E-state index in [1.807, 2.05) is 12.1 Å². The number of pyridine rings is 1. The van der Waals surface area contributed by atoms with Gasteiger partial charge < -0.3 is 10.4 Å². The van der Waals surface area contributed by atoms with E-state index in [0.29, 0.717) is 12.4 Å². The molecule has 0 saturated heterocycles. The molecular weight excluding hydrogens is 220 g/mol. The highest BCUT2D eigenvalue weighted by molar-refractivity contribution is 5.83. The summed E-state index contributed by atoms with van der Waals surface area (Å²) >= 11 is 0. The van der Waals surface area contributed by atoms with Gasteiger partial charge in [-0.25, -0.2) is 14.8 Å². The minimum atomic E-state index is -1.14. The molecule has 2 aromatic heterocycles. The number of anilines is 1. The molecule has 0 aliphatic rings. The van der Waals surface area contributed by atoms with E-state index < -0.39 is 5.97 Å². The van der Waals surface area contributed by atoms with Crippen LogP contribution in [0.3, 0.4) is 0 Å². The number of aromatic nitrogens is 3. The van der Waals surface area contributed by atoms with Crippen LogP contribution in [0.2, 0.25) is 0 Å². The van der Waals surface area contributed by atoms with E-state index in [1.165, 1.54) is 6.20 Å². The van der Waals surface area contributed by atoms with Gasteiger partial charge in [-0.3, -0.25) is 4.98 Å². The second-order valence-corrected chi connectivity index (χ2v) is 3.28. The molecule has 0 saturated carbocycles. The monoisotopic (exact) mass is 230 g/mol. The van der Waals surface area contributed by atoms with Crippen molar-refractivity contribution in [3.05, 3.63) is 48.2 Å². The third-order valence-corrected chi connectivity index (χ3v) is 2.07. The minimum absolute atomic E-state index is 0.218. The second-order valence-electron chi connectivity index (χ2n) is 3.28. The molecule has 0 bridgehead atoms. The Kier molecular flexibility index (Phi) is 3.25. The van der Waals surface area contributed by atoms with Crippen LogP contribution in [-0.2, 0) is 6.54 Å². The number of aromatic carboxylic acids is 1. The standard InChI is InChI=1S/C11H10N4O2/c16-11(17)10-13-6-3-9(15-10)14-7-8-1-4-12-5-2-8/h1-6H,7H2,(H,16,17)(H,13,14,15). The van der Waals surface area contributed by atoms with Gasteiger partial charge in [0, 0.05) is 25.1 Å². The summed E-state index contributed by atoms with van der Waals surface area (Å²) in [5.41, 5.74) is 1.04.